The van der Waals surface area contributed by atoms with Crippen LogP contribution in [0.5, 0.6) is 0 Å². The fraction of sp³-hybridized carbons (Fsp3) is 0.818. The Hall–Kier alpha value is -0.910. The van der Waals surface area contributed by atoms with Gasteiger partial charge in [-0.3, -0.25) is 4.79 Å². The number of nitrogens with two attached hydrogens (primary N) is 1. The summed E-state index contributed by atoms with van der Waals surface area (Å²) in [6.45, 7) is 5.91. The fourth-order valence-electron chi connectivity index (χ4n) is 1.42. The van der Waals surface area contributed by atoms with Gasteiger partial charge in [0, 0.05) is 6.04 Å². The molecule has 0 spiro atoms. The van der Waals surface area contributed by atoms with E-state index in [1.54, 1.807) is 0 Å². The quantitative estimate of drug-likeness (QED) is 0.203. The molecule has 0 aromatic carbocycles. The largest absolute Gasteiger partial charge is 0.409 e. The Morgan fingerprint density at radius 2 is 2.18 bits per heavy atom. The van der Waals surface area contributed by atoms with Crippen molar-refractivity contribution in [2.45, 2.75) is 39.7 Å². The molecule has 2 atom stereocenters. The van der Waals surface area contributed by atoms with E-state index in [9.17, 15) is 4.79 Å². The molecular weight excluding hydrogens is 238 g/mol. The minimum Gasteiger partial charge on any atom is -0.409 e. The minimum atomic E-state index is -0.540. The molecule has 0 saturated heterocycles. The number of thioether (sulfide) groups is 1. The smallest absolute Gasteiger partial charge is 0.231 e. The van der Waals surface area contributed by atoms with E-state index >= 15 is 0 Å². The van der Waals surface area contributed by atoms with Gasteiger partial charge in [-0.1, -0.05) is 19.0 Å². The van der Waals surface area contributed by atoms with Crippen LogP contribution in [0, 0.1) is 5.92 Å². The lowest BCUT2D eigenvalue weighted by Crippen LogP contribution is -2.42. The number of nitrogens with zero attached hydrogens (tertiary/aromatic N) is 1. The van der Waals surface area contributed by atoms with Crippen LogP contribution in [-0.4, -0.2) is 34.5 Å². The van der Waals surface area contributed by atoms with Crippen LogP contribution >= 0.6 is 11.8 Å². The number of amidine groups is 1. The number of carbonyl (C=O) groups excluding carboxylic acids is 1. The lowest BCUT2D eigenvalue weighted by atomic mass is 10.0. The van der Waals surface area contributed by atoms with Crippen molar-refractivity contribution in [3.63, 3.8) is 0 Å². The summed E-state index contributed by atoms with van der Waals surface area (Å²) in [4.78, 5) is 11.8. The molecule has 0 rings (SSSR count). The summed E-state index contributed by atoms with van der Waals surface area (Å²) in [7, 11) is 0. The van der Waals surface area contributed by atoms with E-state index in [4.69, 9.17) is 10.9 Å². The second-order valence-electron chi connectivity index (χ2n) is 3.88. The molecule has 1 amide bonds. The number of carbonyl (C=O) groups is 1. The molecule has 0 aliphatic heterocycles. The average molecular weight is 261 g/mol. The standard InChI is InChI=1S/C11H23N3O2S/c1-4-9(10(12)14-16)11(15)13-8(3)6-7-17-5-2/h8-9,16H,4-7H2,1-3H3,(H2,12,14)(H,13,15). The summed E-state index contributed by atoms with van der Waals surface area (Å²) >= 11 is 1.85. The van der Waals surface area contributed by atoms with Crippen LogP contribution < -0.4 is 11.1 Å². The number of hydrogen-bond donors (Lipinski definition) is 3. The first-order valence-electron chi connectivity index (χ1n) is 5.92. The molecule has 0 aromatic rings. The second-order valence-corrected chi connectivity index (χ2v) is 5.27. The highest BCUT2D eigenvalue weighted by atomic mass is 32.2. The maximum Gasteiger partial charge on any atom is 0.231 e. The predicted octanol–water partition coefficient (Wildman–Crippen LogP) is 1.41. The van der Waals surface area contributed by atoms with Gasteiger partial charge in [-0.15, -0.1) is 0 Å². The molecule has 0 fully saturated rings. The first-order chi connectivity index (χ1) is 8.06. The predicted molar refractivity (Wildman–Crippen MR) is 72.4 cm³/mol. The fourth-order valence-corrected chi connectivity index (χ4v) is 2.23. The van der Waals surface area contributed by atoms with Crippen LogP contribution in [0.15, 0.2) is 5.16 Å². The van der Waals surface area contributed by atoms with Crippen LogP contribution in [0.1, 0.15) is 33.6 Å². The Kier molecular flexibility index (Phi) is 8.66. The molecule has 0 heterocycles. The van der Waals surface area contributed by atoms with Crippen molar-refractivity contribution in [1.29, 1.82) is 0 Å². The molecule has 0 aliphatic carbocycles. The molecule has 17 heavy (non-hydrogen) atoms. The Labute approximate surface area is 107 Å². The second kappa shape index (κ2) is 9.15. The third-order valence-electron chi connectivity index (χ3n) is 2.49. The molecule has 0 aromatic heterocycles. The van der Waals surface area contributed by atoms with Gasteiger partial charge in [0.2, 0.25) is 5.91 Å². The van der Waals surface area contributed by atoms with E-state index in [2.05, 4.69) is 17.4 Å². The molecule has 4 N–H and O–H groups in total. The number of rotatable bonds is 8. The third-order valence-corrected chi connectivity index (χ3v) is 3.42. The van der Waals surface area contributed by atoms with E-state index in [-0.39, 0.29) is 17.8 Å². The molecule has 0 aliphatic rings. The van der Waals surface area contributed by atoms with Crippen molar-refractivity contribution >= 4 is 23.5 Å². The summed E-state index contributed by atoms with van der Waals surface area (Å²) in [5.74, 6) is 1.37. The summed E-state index contributed by atoms with van der Waals surface area (Å²) in [6.07, 6.45) is 1.45. The summed E-state index contributed by atoms with van der Waals surface area (Å²) in [6, 6.07) is 0.113. The highest BCUT2D eigenvalue weighted by molar-refractivity contribution is 7.99. The van der Waals surface area contributed by atoms with E-state index in [0.29, 0.717) is 6.42 Å². The van der Waals surface area contributed by atoms with Gasteiger partial charge >= 0.3 is 0 Å². The zero-order chi connectivity index (χ0) is 13.3. The average Bonchev–Trinajstić information content (AvgIpc) is 2.29. The van der Waals surface area contributed by atoms with Gasteiger partial charge in [-0.2, -0.15) is 11.8 Å². The molecule has 0 radical (unpaired) electrons. The highest BCUT2D eigenvalue weighted by Crippen LogP contribution is 2.07. The van der Waals surface area contributed by atoms with Crippen LogP contribution in [0.3, 0.4) is 0 Å². The summed E-state index contributed by atoms with van der Waals surface area (Å²) in [5, 5.41) is 14.3. The van der Waals surface area contributed by atoms with E-state index in [1.807, 2.05) is 25.6 Å². The van der Waals surface area contributed by atoms with Crippen molar-refractivity contribution in [3.05, 3.63) is 0 Å². The van der Waals surface area contributed by atoms with Crippen LogP contribution in [-0.2, 0) is 4.79 Å². The number of hydrogen-bond acceptors (Lipinski definition) is 4. The first kappa shape index (κ1) is 16.1. The molecule has 6 heteroatoms. The minimum absolute atomic E-state index is 0.0277. The maximum absolute atomic E-state index is 11.8. The van der Waals surface area contributed by atoms with Gasteiger partial charge < -0.3 is 16.3 Å². The van der Waals surface area contributed by atoms with E-state index in [0.717, 1.165) is 17.9 Å². The zero-order valence-electron chi connectivity index (χ0n) is 10.8. The lowest BCUT2D eigenvalue weighted by Gasteiger charge is -2.18. The van der Waals surface area contributed by atoms with Crippen molar-refractivity contribution in [2.75, 3.05) is 11.5 Å². The molecule has 0 bridgehead atoms. The first-order valence-corrected chi connectivity index (χ1v) is 7.07. The van der Waals surface area contributed by atoms with Gasteiger partial charge in [0.25, 0.3) is 0 Å². The van der Waals surface area contributed by atoms with Crippen LogP contribution in [0.2, 0.25) is 0 Å². The molecule has 100 valence electrons. The van der Waals surface area contributed by atoms with E-state index in [1.165, 1.54) is 0 Å². The maximum atomic E-state index is 11.8. The normalized spacial score (nSPS) is 15.4. The molecule has 2 unspecified atom stereocenters. The number of nitrogens with one attached hydrogen (secondary N) is 1. The zero-order valence-corrected chi connectivity index (χ0v) is 11.6. The monoisotopic (exact) mass is 261 g/mol. The molecule has 0 saturated carbocycles. The van der Waals surface area contributed by atoms with Crippen molar-refractivity contribution in [3.8, 4) is 0 Å². The van der Waals surface area contributed by atoms with Gasteiger partial charge in [0.15, 0.2) is 5.84 Å². The van der Waals surface area contributed by atoms with Gasteiger partial charge in [0.1, 0.15) is 0 Å². The summed E-state index contributed by atoms with van der Waals surface area (Å²) in [5.41, 5.74) is 5.46. The molecule has 5 nitrogen and oxygen atoms in total. The SMILES string of the molecule is CCSCCC(C)NC(=O)C(CC)C(N)=NO. The third kappa shape index (κ3) is 6.41. The van der Waals surface area contributed by atoms with Crippen molar-refractivity contribution in [2.24, 2.45) is 16.8 Å². The lowest BCUT2D eigenvalue weighted by molar-refractivity contribution is -0.123. The van der Waals surface area contributed by atoms with Gasteiger partial charge in [-0.25, -0.2) is 0 Å². The highest BCUT2D eigenvalue weighted by Gasteiger charge is 2.22. The van der Waals surface area contributed by atoms with Crippen LogP contribution in [0.25, 0.3) is 0 Å². The topological polar surface area (TPSA) is 87.7 Å². The number of oxime groups is 1. The van der Waals surface area contributed by atoms with Crippen molar-refractivity contribution in [1.82, 2.24) is 5.32 Å². The molecular formula is C11H23N3O2S. The number of amides is 1. The van der Waals surface area contributed by atoms with Crippen LogP contribution in [0.4, 0.5) is 0 Å². The van der Waals surface area contributed by atoms with E-state index < -0.39 is 5.92 Å². The Morgan fingerprint density at radius 3 is 2.65 bits per heavy atom. The van der Waals surface area contributed by atoms with Gasteiger partial charge in [-0.05, 0) is 31.3 Å². The Morgan fingerprint density at radius 1 is 1.53 bits per heavy atom. The van der Waals surface area contributed by atoms with Crippen molar-refractivity contribution < 1.29 is 10.0 Å². The Bertz CT molecular complexity index is 259. The van der Waals surface area contributed by atoms with Gasteiger partial charge in [0.05, 0.1) is 5.92 Å². The Balaban J connectivity index is 4.13. The summed E-state index contributed by atoms with van der Waals surface area (Å²) < 4.78 is 0.